The highest BCUT2D eigenvalue weighted by atomic mass is 32.2. The van der Waals surface area contributed by atoms with Crippen LogP contribution >= 0.6 is 0 Å². The predicted molar refractivity (Wildman–Crippen MR) is 78.6 cm³/mol. The molecule has 0 heterocycles. The molecule has 116 valence electrons. The highest BCUT2D eigenvalue weighted by Crippen LogP contribution is 2.19. The SMILES string of the molecule is C=CCN(CC(=O)OCC)S(=O)(=O)c1ccc(OC)cc1. The lowest BCUT2D eigenvalue weighted by atomic mass is 10.3. The van der Waals surface area contributed by atoms with Gasteiger partial charge < -0.3 is 9.47 Å². The van der Waals surface area contributed by atoms with Gasteiger partial charge in [-0.25, -0.2) is 8.42 Å². The summed E-state index contributed by atoms with van der Waals surface area (Å²) in [7, 11) is -2.30. The first-order chi connectivity index (χ1) is 9.95. The van der Waals surface area contributed by atoms with Gasteiger partial charge in [0, 0.05) is 6.54 Å². The first-order valence-electron chi connectivity index (χ1n) is 6.36. The normalized spacial score (nSPS) is 11.2. The molecular formula is C14H19NO5S. The van der Waals surface area contributed by atoms with E-state index in [1.807, 2.05) is 0 Å². The molecule has 0 bridgehead atoms. The van der Waals surface area contributed by atoms with Crippen molar-refractivity contribution < 1.29 is 22.7 Å². The van der Waals surface area contributed by atoms with Crippen LogP contribution in [0.15, 0.2) is 41.8 Å². The summed E-state index contributed by atoms with van der Waals surface area (Å²) in [5, 5.41) is 0. The number of nitrogens with zero attached hydrogens (tertiary/aromatic N) is 1. The van der Waals surface area contributed by atoms with E-state index in [0.29, 0.717) is 5.75 Å². The summed E-state index contributed by atoms with van der Waals surface area (Å²) >= 11 is 0. The fourth-order valence-electron chi connectivity index (χ4n) is 1.64. The number of hydrogen-bond acceptors (Lipinski definition) is 5. The summed E-state index contributed by atoms with van der Waals surface area (Å²) in [5.41, 5.74) is 0. The van der Waals surface area contributed by atoms with Crippen LogP contribution in [0.5, 0.6) is 5.75 Å². The van der Waals surface area contributed by atoms with E-state index < -0.39 is 16.0 Å². The first kappa shape index (κ1) is 17.2. The Labute approximate surface area is 125 Å². The molecule has 0 saturated carbocycles. The molecule has 0 N–H and O–H groups in total. The van der Waals surface area contributed by atoms with E-state index >= 15 is 0 Å². The number of carbonyl (C=O) groups excluding carboxylic acids is 1. The molecule has 1 aromatic rings. The molecular weight excluding hydrogens is 294 g/mol. The van der Waals surface area contributed by atoms with Gasteiger partial charge in [0.1, 0.15) is 12.3 Å². The zero-order chi connectivity index (χ0) is 15.9. The van der Waals surface area contributed by atoms with E-state index in [1.54, 1.807) is 19.1 Å². The fraction of sp³-hybridized carbons (Fsp3) is 0.357. The summed E-state index contributed by atoms with van der Waals surface area (Å²) in [6, 6.07) is 5.94. The molecule has 0 radical (unpaired) electrons. The molecule has 0 fully saturated rings. The van der Waals surface area contributed by atoms with Crippen LogP contribution in [0.4, 0.5) is 0 Å². The maximum Gasteiger partial charge on any atom is 0.321 e. The molecule has 0 unspecified atom stereocenters. The second kappa shape index (κ2) is 7.80. The average molecular weight is 313 g/mol. The van der Waals surface area contributed by atoms with Crippen molar-refractivity contribution in [2.75, 3.05) is 26.8 Å². The van der Waals surface area contributed by atoms with Gasteiger partial charge in [-0.15, -0.1) is 6.58 Å². The van der Waals surface area contributed by atoms with Gasteiger partial charge in [0.2, 0.25) is 10.0 Å². The quantitative estimate of drug-likeness (QED) is 0.536. The van der Waals surface area contributed by atoms with E-state index in [1.165, 1.54) is 25.3 Å². The summed E-state index contributed by atoms with van der Waals surface area (Å²) in [5.74, 6) is -0.0500. The van der Waals surface area contributed by atoms with Crippen LogP contribution in [-0.4, -0.2) is 45.5 Å². The Bertz CT molecular complexity index is 580. The lowest BCUT2D eigenvalue weighted by Gasteiger charge is -2.19. The van der Waals surface area contributed by atoms with Gasteiger partial charge in [0.15, 0.2) is 0 Å². The highest BCUT2D eigenvalue weighted by molar-refractivity contribution is 7.89. The molecule has 0 atom stereocenters. The van der Waals surface area contributed by atoms with Gasteiger partial charge in [0.05, 0.1) is 18.6 Å². The van der Waals surface area contributed by atoms with Crippen molar-refractivity contribution in [3.05, 3.63) is 36.9 Å². The average Bonchev–Trinajstić information content (AvgIpc) is 2.47. The van der Waals surface area contributed by atoms with Gasteiger partial charge in [-0.05, 0) is 31.2 Å². The molecule has 6 nitrogen and oxygen atoms in total. The molecule has 0 aromatic heterocycles. The van der Waals surface area contributed by atoms with Crippen LogP contribution in [-0.2, 0) is 19.6 Å². The number of hydrogen-bond donors (Lipinski definition) is 0. The molecule has 21 heavy (non-hydrogen) atoms. The van der Waals surface area contributed by atoms with E-state index in [9.17, 15) is 13.2 Å². The van der Waals surface area contributed by atoms with Crippen LogP contribution in [0.2, 0.25) is 0 Å². The molecule has 7 heteroatoms. The molecule has 0 aliphatic carbocycles. The van der Waals surface area contributed by atoms with Crippen LogP contribution in [0.25, 0.3) is 0 Å². The summed E-state index contributed by atoms with van der Waals surface area (Å²) in [4.78, 5) is 11.6. The van der Waals surface area contributed by atoms with Gasteiger partial charge in [-0.2, -0.15) is 4.31 Å². The Hall–Kier alpha value is -1.86. The number of ether oxygens (including phenoxy) is 2. The maximum absolute atomic E-state index is 12.5. The Kier molecular flexibility index (Phi) is 6.39. The maximum atomic E-state index is 12.5. The van der Waals surface area contributed by atoms with Crippen LogP contribution < -0.4 is 4.74 Å². The minimum Gasteiger partial charge on any atom is -0.497 e. The van der Waals surface area contributed by atoms with E-state index in [4.69, 9.17) is 9.47 Å². The summed E-state index contributed by atoms with van der Waals surface area (Å²) in [6.07, 6.45) is 1.42. The van der Waals surface area contributed by atoms with Crippen molar-refractivity contribution in [1.82, 2.24) is 4.31 Å². The lowest BCUT2D eigenvalue weighted by Crippen LogP contribution is -2.36. The molecule has 0 amide bonds. The molecule has 0 spiro atoms. The second-order valence-corrected chi connectivity index (χ2v) is 6.00. The third kappa shape index (κ3) is 4.57. The fourth-order valence-corrected chi connectivity index (χ4v) is 2.99. The molecule has 1 rings (SSSR count). The van der Waals surface area contributed by atoms with Crippen LogP contribution in [0, 0.1) is 0 Å². The van der Waals surface area contributed by atoms with Crippen molar-refractivity contribution in [1.29, 1.82) is 0 Å². The van der Waals surface area contributed by atoms with Gasteiger partial charge in [0.25, 0.3) is 0 Å². The molecule has 0 aliphatic rings. The van der Waals surface area contributed by atoms with Gasteiger partial charge in [-0.1, -0.05) is 6.08 Å². The number of methoxy groups -OCH3 is 1. The van der Waals surface area contributed by atoms with Crippen LogP contribution in [0.3, 0.4) is 0 Å². The van der Waals surface area contributed by atoms with E-state index in [2.05, 4.69) is 6.58 Å². The smallest absolute Gasteiger partial charge is 0.321 e. The topological polar surface area (TPSA) is 72.9 Å². The van der Waals surface area contributed by atoms with Crippen molar-refractivity contribution in [2.24, 2.45) is 0 Å². The molecule has 0 saturated heterocycles. The minimum absolute atomic E-state index is 0.0210. The second-order valence-electron chi connectivity index (χ2n) is 4.07. The van der Waals surface area contributed by atoms with Crippen LogP contribution in [0.1, 0.15) is 6.92 Å². The standard InChI is InChI=1S/C14H19NO5S/c1-4-10-15(11-14(16)20-5-2)21(17,18)13-8-6-12(19-3)7-9-13/h4,6-9H,1,5,10-11H2,2-3H3. The Balaban J connectivity index is 3.02. The zero-order valence-corrected chi connectivity index (χ0v) is 12.9. The van der Waals surface area contributed by atoms with E-state index in [-0.39, 0.29) is 24.6 Å². The summed E-state index contributed by atoms with van der Waals surface area (Å²) in [6.45, 7) is 5.04. The minimum atomic E-state index is -3.80. The Morgan fingerprint density at radius 1 is 1.33 bits per heavy atom. The van der Waals surface area contributed by atoms with Crippen molar-refractivity contribution in [2.45, 2.75) is 11.8 Å². The lowest BCUT2D eigenvalue weighted by molar-refractivity contribution is -0.143. The number of rotatable bonds is 8. The number of esters is 1. The number of carbonyl (C=O) groups is 1. The first-order valence-corrected chi connectivity index (χ1v) is 7.80. The van der Waals surface area contributed by atoms with Crippen molar-refractivity contribution in [3.63, 3.8) is 0 Å². The summed E-state index contributed by atoms with van der Waals surface area (Å²) < 4.78 is 35.8. The van der Waals surface area contributed by atoms with Gasteiger partial charge >= 0.3 is 5.97 Å². The largest absolute Gasteiger partial charge is 0.497 e. The van der Waals surface area contributed by atoms with E-state index in [0.717, 1.165) is 4.31 Å². The molecule has 0 aliphatic heterocycles. The monoisotopic (exact) mass is 313 g/mol. The van der Waals surface area contributed by atoms with Crippen molar-refractivity contribution >= 4 is 16.0 Å². The molecule has 1 aromatic carbocycles. The number of benzene rings is 1. The third-order valence-corrected chi connectivity index (χ3v) is 4.47. The highest BCUT2D eigenvalue weighted by Gasteiger charge is 2.26. The zero-order valence-electron chi connectivity index (χ0n) is 12.1. The Morgan fingerprint density at radius 3 is 2.43 bits per heavy atom. The third-order valence-electron chi connectivity index (χ3n) is 2.64. The van der Waals surface area contributed by atoms with Gasteiger partial charge in [-0.3, -0.25) is 4.79 Å². The van der Waals surface area contributed by atoms with Crippen molar-refractivity contribution in [3.8, 4) is 5.75 Å². The number of sulfonamides is 1. The Morgan fingerprint density at radius 2 is 1.95 bits per heavy atom. The predicted octanol–water partition coefficient (Wildman–Crippen LogP) is 1.43.